The Balaban J connectivity index is 1.80. The highest BCUT2D eigenvalue weighted by atomic mass is 16.2. The fraction of sp³-hybridized carbons (Fsp3) is 0.643. The van der Waals surface area contributed by atoms with Gasteiger partial charge in [0.25, 0.3) is 0 Å². The zero-order valence-corrected chi connectivity index (χ0v) is 12.6. The number of hydrogen-bond acceptors (Lipinski definition) is 4. The van der Waals surface area contributed by atoms with Gasteiger partial charge in [-0.15, -0.1) is 0 Å². The van der Waals surface area contributed by atoms with Crippen LogP contribution in [-0.2, 0) is 16.1 Å². The smallest absolute Gasteiger partial charge is 0.237 e. The van der Waals surface area contributed by atoms with E-state index in [4.69, 9.17) is 0 Å². The van der Waals surface area contributed by atoms with E-state index in [0.29, 0.717) is 19.6 Å². The van der Waals surface area contributed by atoms with Gasteiger partial charge in [0, 0.05) is 44.6 Å². The lowest BCUT2D eigenvalue weighted by atomic mass is 10.1. The van der Waals surface area contributed by atoms with Gasteiger partial charge in [0.05, 0.1) is 18.8 Å². The van der Waals surface area contributed by atoms with E-state index < -0.39 is 0 Å². The summed E-state index contributed by atoms with van der Waals surface area (Å²) in [6, 6.07) is -0.119. The van der Waals surface area contributed by atoms with Crippen LogP contribution in [0.5, 0.6) is 0 Å². The van der Waals surface area contributed by atoms with E-state index in [1.807, 2.05) is 24.6 Å². The molecule has 0 unspecified atom stereocenters. The monoisotopic (exact) mass is 293 g/mol. The van der Waals surface area contributed by atoms with Crippen LogP contribution in [0.4, 0.5) is 0 Å². The van der Waals surface area contributed by atoms with Crippen molar-refractivity contribution in [2.45, 2.75) is 38.9 Å². The van der Waals surface area contributed by atoms with E-state index in [9.17, 15) is 9.59 Å². The molecule has 0 bridgehead atoms. The lowest BCUT2D eigenvalue weighted by molar-refractivity contribution is -0.134. The van der Waals surface area contributed by atoms with Crippen molar-refractivity contribution in [2.75, 3.05) is 19.6 Å². The fourth-order valence-electron chi connectivity index (χ4n) is 2.55. The Morgan fingerprint density at radius 1 is 1.57 bits per heavy atom. The molecule has 1 aliphatic heterocycles. The summed E-state index contributed by atoms with van der Waals surface area (Å²) in [5.74, 6) is -0.150. The minimum absolute atomic E-state index is 0.0558. The molecule has 0 aromatic carbocycles. The zero-order chi connectivity index (χ0) is 15.2. The van der Waals surface area contributed by atoms with Gasteiger partial charge in [0.15, 0.2) is 0 Å². The van der Waals surface area contributed by atoms with Gasteiger partial charge in [-0.1, -0.05) is 0 Å². The summed E-state index contributed by atoms with van der Waals surface area (Å²) in [5, 5.41) is 5.68. The highest BCUT2D eigenvalue weighted by Gasteiger charge is 2.32. The van der Waals surface area contributed by atoms with Crippen LogP contribution in [-0.4, -0.2) is 58.0 Å². The van der Waals surface area contributed by atoms with Crippen molar-refractivity contribution in [1.82, 2.24) is 25.1 Å². The van der Waals surface area contributed by atoms with Gasteiger partial charge in [-0.2, -0.15) is 0 Å². The highest BCUT2D eigenvalue weighted by Crippen LogP contribution is 2.12. The van der Waals surface area contributed by atoms with Crippen molar-refractivity contribution >= 4 is 11.8 Å². The molecule has 2 amide bonds. The molecule has 1 aliphatic rings. The average molecular weight is 293 g/mol. The van der Waals surface area contributed by atoms with Crippen molar-refractivity contribution < 1.29 is 9.59 Å². The van der Waals surface area contributed by atoms with Crippen LogP contribution in [0, 0.1) is 0 Å². The first-order valence-corrected chi connectivity index (χ1v) is 7.34. The molecule has 0 saturated carbocycles. The third kappa shape index (κ3) is 4.29. The molecule has 1 saturated heterocycles. The first-order valence-electron chi connectivity index (χ1n) is 7.34. The van der Waals surface area contributed by atoms with E-state index in [0.717, 1.165) is 6.54 Å². The number of piperazine rings is 1. The lowest BCUT2D eigenvalue weighted by Crippen LogP contribution is -2.58. The molecule has 7 nitrogen and oxygen atoms in total. The van der Waals surface area contributed by atoms with Crippen LogP contribution >= 0.6 is 0 Å². The molecule has 116 valence electrons. The molecule has 0 spiro atoms. The Morgan fingerprint density at radius 2 is 2.38 bits per heavy atom. The van der Waals surface area contributed by atoms with Crippen molar-refractivity contribution in [3.63, 3.8) is 0 Å². The summed E-state index contributed by atoms with van der Waals surface area (Å²) in [4.78, 5) is 30.0. The molecule has 1 aromatic rings. The quantitative estimate of drug-likeness (QED) is 0.748. The van der Waals surface area contributed by atoms with Gasteiger partial charge in [0.1, 0.15) is 0 Å². The van der Waals surface area contributed by atoms with Crippen molar-refractivity contribution in [1.29, 1.82) is 0 Å². The van der Waals surface area contributed by atoms with E-state index in [1.54, 1.807) is 12.5 Å². The maximum atomic E-state index is 12.0. The van der Waals surface area contributed by atoms with E-state index in [1.165, 1.54) is 0 Å². The summed E-state index contributed by atoms with van der Waals surface area (Å²) in [6.07, 6.45) is 5.46. The number of rotatable bonds is 6. The van der Waals surface area contributed by atoms with Gasteiger partial charge < -0.3 is 15.2 Å². The van der Waals surface area contributed by atoms with Crippen LogP contribution in [0.3, 0.4) is 0 Å². The molecule has 1 aromatic heterocycles. The summed E-state index contributed by atoms with van der Waals surface area (Å²) < 4.78 is 1.90. The van der Waals surface area contributed by atoms with Crippen molar-refractivity contribution in [2.24, 2.45) is 0 Å². The van der Waals surface area contributed by atoms with Gasteiger partial charge in [0.2, 0.25) is 11.8 Å². The summed E-state index contributed by atoms with van der Waals surface area (Å²) in [6.45, 7) is 6.74. The normalized spacial score (nSPS) is 19.6. The minimum Gasteiger partial charge on any atom is -0.354 e. The Morgan fingerprint density at radius 3 is 3.05 bits per heavy atom. The van der Waals surface area contributed by atoms with Gasteiger partial charge >= 0.3 is 0 Å². The van der Waals surface area contributed by atoms with Gasteiger partial charge in [-0.05, 0) is 13.8 Å². The number of carbonyl (C=O) groups excluding carboxylic acids is 2. The van der Waals surface area contributed by atoms with Crippen LogP contribution in [0.1, 0.15) is 20.3 Å². The number of nitrogens with one attached hydrogen (secondary N) is 2. The minimum atomic E-state index is -0.369. The Bertz CT molecular complexity index is 472. The molecular weight excluding hydrogens is 270 g/mol. The molecular formula is C14H23N5O2. The van der Waals surface area contributed by atoms with Crippen LogP contribution in [0.25, 0.3) is 0 Å². The standard InChI is InChI=1S/C14H23N5O2/c1-11(2)19-8-5-17-14(21)12(19)9-13(20)16-4-7-18-6-3-15-10-18/h3,6,10-12H,4-5,7-9H2,1-2H3,(H,16,20)(H,17,21)/t12-/m1/s1. The number of hydrogen-bond donors (Lipinski definition) is 2. The average Bonchev–Trinajstić information content (AvgIpc) is 2.94. The Kier molecular flexibility index (Phi) is 5.32. The first kappa shape index (κ1) is 15.5. The van der Waals surface area contributed by atoms with E-state index >= 15 is 0 Å². The van der Waals surface area contributed by atoms with Crippen LogP contribution in [0.2, 0.25) is 0 Å². The van der Waals surface area contributed by atoms with Gasteiger partial charge in [-0.3, -0.25) is 14.5 Å². The topological polar surface area (TPSA) is 79.3 Å². The van der Waals surface area contributed by atoms with Crippen molar-refractivity contribution in [3.8, 4) is 0 Å². The number of nitrogens with zero attached hydrogens (tertiary/aromatic N) is 3. The third-order valence-corrected chi connectivity index (χ3v) is 3.67. The molecule has 2 rings (SSSR count). The summed E-state index contributed by atoms with van der Waals surface area (Å²) in [5.41, 5.74) is 0. The molecule has 7 heteroatoms. The summed E-state index contributed by atoms with van der Waals surface area (Å²) >= 11 is 0. The molecule has 2 N–H and O–H groups in total. The van der Waals surface area contributed by atoms with Gasteiger partial charge in [-0.25, -0.2) is 4.98 Å². The number of amides is 2. The number of imidazole rings is 1. The predicted octanol–water partition coefficient (Wildman–Crippen LogP) is -0.402. The molecule has 2 heterocycles. The summed E-state index contributed by atoms with van der Waals surface area (Å²) in [7, 11) is 0. The number of aromatic nitrogens is 2. The first-order chi connectivity index (χ1) is 10.1. The van der Waals surface area contributed by atoms with Crippen LogP contribution < -0.4 is 10.6 Å². The second-order valence-corrected chi connectivity index (χ2v) is 5.49. The largest absolute Gasteiger partial charge is 0.354 e. The second-order valence-electron chi connectivity index (χ2n) is 5.49. The molecule has 0 aliphatic carbocycles. The predicted molar refractivity (Wildman–Crippen MR) is 78.5 cm³/mol. The second kappa shape index (κ2) is 7.21. The lowest BCUT2D eigenvalue weighted by Gasteiger charge is -2.37. The van der Waals surface area contributed by atoms with Crippen LogP contribution in [0.15, 0.2) is 18.7 Å². The Hall–Kier alpha value is -1.89. The molecule has 1 fully saturated rings. The third-order valence-electron chi connectivity index (χ3n) is 3.67. The molecule has 0 radical (unpaired) electrons. The zero-order valence-electron chi connectivity index (χ0n) is 12.6. The maximum absolute atomic E-state index is 12.0. The van der Waals surface area contributed by atoms with E-state index in [2.05, 4.69) is 20.5 Å². The molecule has 21 heavy (non-hydrogen) atoms. The van der Waals surface area contributed by atoms with E-state index in [-0.39, 0.29) is 30.3 Å². The fourth-order valence-corrected chi connectivity index (χ4v) is 2.55. The molecule has 1 atom stereocenters. The van der Waals surface area contributed by atoms with Crippen molar-refractivity contribution in [3.05, 3.63) is 18.7 Å². The highest BCUT2D eigenvalue weighted by molar-refractivity contribution is 5.88. The SMILES string of the molecule is CC(C)N1CCNC(=O)[C@H]1CC(=O)NCCn1ccnc1. The Labute approximate surface area is 124 Å². The number of carbonyl (C=O) groups is 2. The maximum Gasteiger partial charge on any atom is 0.237 e.